The van der Waals surface area contributed by atoms with Crippen molar-refractivity contribution in [3.63, 3.8) is 0 Å². The van der Waals surface area contributed by atoms with Gasteiger partial charge in [0.25, 0.3) is 0 Å². The number of allylic oxidation sites excluding steroid dienone is 3. The SMILES string of the molecule is CCC(C)C1=C(C)CCC=[C-]c2ccccc21.[CH3-].[U+2]. The molecule has 0 spiro atoms. The van der Waals surface area contributed by atoms with Gasteiger partial charge >= 0.3 is 31.1 Å². The predicted molar refractivity (Wildman–Crippen MR) is 81.1 cm³/mol. The van der Waals surface area contributed by atoms with Crippen molar-refractivity contribution in [3.05, 3.63) is 60.5 Å². The van der Waals surface area contributed by atoms with Crippen LogP contribution in [0.25, 0.3) is 5.57 Å². The van der Waals surface area contributed by atoms with Gasteiger partial charge in [0.15, 0.2) is 0 Å². The van der Waals surface area contributed by atoms with Crippen LogP contribution in [0.15, 0.2) is 35.9 Å². The summed E-state index contributed by atoms with van der Waals surface area (Å²) in [5.41, 5.74) is 5.73. The molecule has 0 heterocycles. The van der Waals surface area contributed by atoms with Crippen LogP contribution in [0.1, 0.15) is 51.2 Å². The zero-order chi connectivity index (χ0) is 12.3. The summed E-state index contributed by atoms with van der Waals surface area (Å²) >= 11 is 0. The van der Waals surface area contributed by atoms with Gasteiger partial charge in [-0.2, -0.15) is 17.7 Å². The second-order valence-corrected chi connectivity index (χ2v) is 4.94. The van der Waals surface area contributed by atoms with Crippen molar-refractivity contribution in [1.82, 2.24) is 0 Å². The molecule has 1 heteroatoms. The maximum atomic E-state index is 3.44. The van der Waals surface area contributed by atoms with Gasteiger partial charge in [-0.05, 0) is 25.7 Å². The molecule has 1 atom stereocenters. The van der Waals surface area contributed by atoms with E-state index in [1.54, 1.807) is 11.1 Å². The number of hydrogen-bond acceptors (Lipinski definition) is 0. The van der Waals surface area contributed by atoms with Gasteiger partial charge in [-0.3, -0.25) is 0 Å². The fraction of sp³-hybridized carbons (Fsp3) is 0.389. The zero-order valence-corrected chi connectivity index (χ0v) is 16.7. The van der Waals surface area contributed by atoms with Crippen LogP contribution in [0.2, 0.25) is 0 Å². The molecule has 0 aromatic heterocycles. The third kappa shape index (κ3) is 4.37. The Morgan fingerprint density at radius 1 is 1.26 bits per heavy atom. The Hall–Kier alpha value is -0.248. The van der Waals surface area contributed by atoms with E-state index in [0.29, 0.717) is 5.92 Å². The summed E-state index contributed by atoms with van der Waals surface area (Å²) < 4.78 is 0. The maximum absolute atomic E-state index is 3.44. The van der Waals surface area contributed by atoms with E-state index in [1.165, 1.54) is 24.0 Å². The molecule has 2 rings (SSSR count). The van der Waals surface area contributed by atoms with Gasteiger partial charge in [0.2, 0.25) is 0 Å². The monoisotopic (exact) mass is 478 g/mol. The molecule has 0 nitrogen and oxygen atoms in total. The normalized spacial score (nSPS) is 15.5. The molecule has 0 fully saturated rings. The predicted octanol–water partition coefficient (Wildman–Crippen LogP) is 5.46. The largest absolute Gasteiger partial charge is 2.00 e. The minimum absolute atomic E-state index is 0. The summed E-state index contributed by atoms with van der Waals surface area (Å²) in [5.74, 6) is 0.635. The average Bonchev–Trinajstić information content (AvgIpc) is 2.34. The Morgan fingerprint density at radius 3 is 2.63 bits per heavy atom. The molecular weight excluding hydrogens is 454 g/mol. The zero-order valence-electron chi connectivity index (χ0n) is 12.6. The third-order valence-corrected chi connectivity index (χ3v) is 3.70. The minimum Gasteiger partial charge on any atom is -0.358 e. The molecule has 19 heavy (non-hydrogen) atoms. The summed E-state index contributed by atoms with van der Waals surface area (Å²) in [6, 6.07) is 8.65. The van der Waals surface area contributed by atoms with Crippen molar-refractivity contribution in [3.8, 4) is 0 Å². The van der Waals surface area contributed by atoms with Gasteiger partial charge in [-0.15, -0.1) is 23.8 Å². The molecule has 0 aliphatic heterocycles. The Morgan fingerprint density at radius 2 is 1.95 bits per heavy atom. The van der Waals surface area contributed by atoms with Crippen LogP contribution in [0, 0.1) is 50.5 Å². The smallest absolute Gasteiger partial charge is 0.358 e. The molecule has 100 valence electrons. The van der Waals surface area contributed by atoms with Crippen LogP contribution in [0.5, 0.6) is 0 Å². The number of benzene rings is 1. The molecule has 0 radical (unpaired) electrons. The number of fused-ring (bicyclic) bond motifs is 1. The molecule has 1 aromatic rings. The quantitative estimate of drug-likeness (QED) is 0.496. The van der Waals surface area contributed by atoms with E-state index in [9.17, 15) is 0 Å². The minimum atomic E-state index is 0. The second-order valence-electron chi connectivity index (χ2n) is 4.94. The van der Waals surface area contributed by atoms with Gasteiger partial charge in [-0.25, -0.2) is 0 Å². The molecule has 1 aromatic carbocycles. The fourth-order valence-corrected chi connectivity index (χ4v) is 2.57. The van der Waals surface area contributed by atoms with Crippen LogP contribution in [-0.2, 0) is 0 Å². The van der Waals surface area contributed by atoms with Gasteiger partial charge < -0.3 is 7.43 Å². The molecule has 0 bridgehead atoms. The molecule has 0 amide bonds. The Kier molecular flexibility index (Phi) is 8.72. The molecule has 1 unspecified atom stereocenters. The van der Waals surface area contributed by atoms with Crippen molar-refractivity contribution in [2.45, 2.75) is 40.0 Å². The average molecular weight is 478 g/mol. The van der Waals surface area contributed by atoms with Gasteiger partial charge in [-0.1, -0.05) is 37.5 Å². The first-order chi connectivity index (χ1) is 8.24. The first-order valence-electron chi connectivity index (χ1n) is 6.61. The summed E-state index contributed by atoms with van der Waals surface area (Å²) in [6.45, 7) is 6.89. The molecule has 0 N–H and O–H groups in total. The van der Waals surface area contributed by atoms with E-state index in [-0.39, 0.29) is 38.5 Å². The maximum Gasteiger partial charge on any atom is 2.00 e. The van der Waals surface area contributed by atoms with Crippen molar-refractivity contribution in [2.24, 2.45) is 5.92 Å². The number of hydrogen-bond donors (Lipinski definition) is 0. The first-order valence-corrected chi connectivity index (χ1v) is 6.61. The number of rotatable bonds is 2. The van der Waals surface area contributed by atoms with Crippen LogP contribution in [0.4, 0.5) is 0 Å². The molecule has 0 saturated heterocycles. The van der Waals surface area contributed by atoms with E-state index >= 15 is 0 Å². The van der Waals surface area contributed by atoms with E-state index in [1.807, 2.05) is 0 Å². The van der Waals surface area contributed by atoms with Crippen molar-refractivity contribution >= 4 is 5.57 Å². The second kappa shape index (κ2) is 8.83. The van der Waals surface area contributed by atoms with E-state index in [2.05, 4.69) is 57.2 Å². The molecule has 1 aliphatic carbocycles. The Labute approximate surface area is 142 Å². The Balaban J connectivity index is 0.00000162. The van der Waals surface area contributed by atoms with E-state index < -0.39 is 0 Å². The molecular formula is C18H24U. The first kappa shape index (κ1) is 18.8. The van der Waals surface area contributed by atoms with Gasteiger partial charge in [0.1, 0.15) is 0 Å². The summed E-state index contributed by atoms with van der Waals surface area (Å²) in [4.78, 5) is 0. The molecule has 1 aliphatic rings. The third-order valence-electron chi connectivity index (χ3n) is 3.70. The van der Waals surface area contributed by atoms with Crippen LogP contribution >= 0.6 is 0 Å². The van der Waals surface area contributed by atoms with Gasteiger partial charge in [0, 0.05) is 0 Å². The summed E-state index contributed by atoms with van der Waals surface area (Å²) in [6.07, 6.45) is 9.09. The standard InChI is InChI=1S/C17H21.CH3.U/c1-4-13(2)17-14(3)9-5-6-10-15-11-7-8-12-16(15)17;;/h6-8,11-13H,4-5,9H2,1-3H3;1H3;/q2*-1;+2. The van der Waals surface area contributed by atoms with E-state index in [0.717, 1.165) is 6.42 Å². The van der Waals surface area contributed by atoms with Crippen LogP contribution in [0.3, 0.4) is 0 Å². The van der Waals surface area contributed by atoms with Crippen LogP contribution < -0.4 is 0 Å². The van der Waals surface area contributed by atoms with Crippen molar-refractivity contribution < 1.29 is 31.1 Å². The van der Waals surface area contributed by atoms with Gasteiger partial charge in [0.05, 0.1) is 0 Å². The van der Waals surface area contributed by atoms with Crippen molar-refractivity contribution in [1.29, 1.82) is 0 Å². The summed E-state index contributed by atoms with van der Waals surface area (Å²) in [7, 11) is 0. The molecule has 0 saturated carbocycles. The Bertz CT molecular complexity index is 455. The van der Waals surface area contributed by atoms with Crippen molar-refractivity contribution in [2.75, 3.05) is 0 Å². The topological polar surface area (TPSA) is 0 Å². The van der Waals surface area contributed by atoms with E-state index in [4.69, 9.17) is 0 Å². The summed E-state index contributed by atoms with van der Waals surface area (Å²) in [5, 5.41) is 0. The van der Waals surface area contributed by atoms with Crippen LogP contribution in [-0.4, -0.2) is 0 Å². The fourth-order valence-electron chi connectivity index (χ4n) is 2.57.